The number of benzene rings is 9. The van der Waals surface area contributed by atoms with E-state index in [1.165, 1.54) is 0 Å². The fourth-order valence-electron chi connectivity index (χ4n) is 8.28. The van der Waals surface area contributed by atoms with Gasteiger partial charge < -0.3 is 0 Å². The van der Waals surface area contributed by atoms with E-state index in [0.29, 0.717) is 23.3 Å². The maximum Gasteiger partial charge on any atom is 0.164 e. The molecule has 0 fully saturated rings. The first-order chi connectivity index (χ1) is 31.7. The van der Waals surface area contributed by atoms with Crippen LogP contribution in [0.3, 0.4) is 0 Å². The van der Waals surface area contributed by atoms with Crippen LogP contribution in [-0.2, 0) is 0 Å². The van der Waals surface area contributed by atoms with Crippen molar-refractivity contribution in [2.24, 2.45) is 0 Å². The molecule has 0 amide bonds. The van der Waals surface area contributed by atoms with E-state index in [1.54, 1.807) is 0 Å². The molecule has 0 radical (unpaired) electrons. The minimum absolute atomic E-state index is 0.632. The Bertz CT molecular complexity index is 3260. The molecule has 9 aromatic carbocycles. The molecule has 0 unspecified atom stereocenters. The summed E-state index contributed by atoms with van der Waals surface area (Å²) in [4.78, 5) is 25.1. The van der Waals surface area contributed by atoms with Crippen molar-refractivity contribution in [2.45, 2.75) is 0 Å². The minimum Gasteiger partial charge on any atom is -0.228 e. The first-order valence-electron chi connectivity index (χ1n) is 21.4. The van der Waals surface area contributed by atoms with Crippen LogP contribution in [0.15, 0.2) is 237 Å². The third-order valence-electron chi connectivity index (χ3n) is 11.6. The summed E-state index contributed by atoms with van der Waals surface area (Å²) in [6, 6.07) is 81.9. The van der Waals surface area contributed by atoms with Gasteiger partial charge in [-0.1, -0.05) is 224 Å². The van der Waals surface area contributed by atoms with Crippen molar-refractivity contribution < 1.29 is 0 Å². The van der Waals surface area contributed by atoms with Crippen molar-refractivity contribution in [3.63, 3.8) is 0 Å². The van der Waals surface area contributed by atoms with Crippen molar-refractivity contribution >= 4 is 10.8 Å². The van der Waals surface area contributed by atoms with E-state index < -0.39 is 0 Å². The van der Waals surface area contributed by atoms with Crippen LogP contribution in [0, 0.1) is 0 Å². The maximum atomic E-state index is 5.11. The summed E-state index contributed by atoms with van der Waals surface area (Å²) < 4.78 is 0. The average Bonchev–Trinajstić information content (AvgIpc) is 3.39. The summed E-state index contributed by atoms with van der Waals surface area (Å²) >= 11 is 0. The normalized spacial score (nSPS) is 11.1. The van der Waals surface area contributed by atoms with Crippen LogP contribution in [0.4, 0.5) is 0 Å². The van der Waals surface area contributed by atoms with Crippen LogP contribution in [0.2, 0.25) is 0 Å². The molecular formula is C59H39N5. The van der Waals surface area contributed by atoms with Gasteiger partial charge in [-0.25, -0.2) is 24.9 Å². The Kier molecular flexibility index (Phi) is 10.2. The molecule has 0 bridgehead atoms. The van der Waals surface area contributed by atoms with E-state index in [0.717, 1.165) is 88.9 Å². The Morgan fingerprint density at radius 3 is 1.03 bits per heavy atom. The number of rotatable bonds is 9. The molecule has 11 aromatic rings. The van der Waals surface area contributed by atoms with Gasteiger partial charge in [0.15, 0.2) is 23.3 Å². The van der Waals surface area contributed by atoms with E-state index in [-0.39, 0.29) is 0 Å². The Hall–Kier alpha value is -8.67. The molecule has 11 rings (SSSR count). The lowest BCUT2D eigenvalue weighted by atomic mass is 9.91. The van der Waals surface area contributed by atoms with E-state index >= 15 is 0 Å². The largest absolute Gasteiger partial charge is 0.228 e. The number of fused-ring (bicyclic) bond motifs is 1. The molecule has 0 N–H and O–H groups in total. The van der Waals surface area contributed by atoms with E-state index in [2.05, 4.69) is 140 Å². The molecule has 5 heteroatoms. The lowest BCUT2D eigenvalue weighted by molar-refractivity contribution is 1.07. The summed E-state index contributed by atoms with van der Waals surface area (Å²) in [7, 11) is 0. The van der Waals surface area contributed by atoms with Crippen molar-refractivity contribution in [1.82, 2.24) is 24.9 Å². The van der Waals surface area contributed by atoms with Crippen LogP contribution in [-0.4, -0.2) is 24.9 Å². The number of hydrogen-bond donors (Lipinski definition) is 0. The average molecular weight is 818 g/mol. The number of hydrogen-bond acceptors (Lipinski definition) is 5. The van der Waals surface area contributed by atoms with Gasteiger partial charge in [0.2, 0.25) is 0 Å². The second-order valence-corrected chi connectivity index (χ2v) is 15.7. The predicted molar refractivity (Wildman–Crippen MR) is 262 cm³/mol. The number of aromatic nitrogens is 5. The Morgan fingerprint density at radius 2 is 0.562 bits per heavy atom. The molecule has 300 valence electrons. The van der Waals surface area contributed by atoms with Crippen LogP contribution >= 0.6 is 0 Å². The Balaban J connectivity index is 0.902. The fraction of sp³-hybridized carbons (Fsp3) is 0. The highest BCUT2D eigenvalue weighted by molar-refractivity contribution is 6.03. The van der Waals surface area contributed by atoms with Gasteiger partial charge >= 0.3 is 0 Å². The van der Waals surface area contributed by atoms with Crippen molar-refractivity contribution in [1.29, 1.82) is 0 Å². The molecule has 0 aliphatic rings. The summed E-state index contributed by atoms with van der Waals surface area (Å²) in [5.74, 6) is 2.62. The molecular weight excluding hydrogens is 779 g/mol. The van der Waals surface area contributed by atoms with Gasteiger partial charge in [0.05, 0.1) is 11.4 Å². The van der Waals surface area contributed by atoms with Gasteiger partial charge in [0.25, 0.3) is 0 Å². The van der Waals surface area contributed by atoms with E-state index in [1.807, 2.05) is 97.1 Å². The fourth-order valence-corrected chi connectivity index (χ4v) is 8.28. The van der Waals surface area contributed by atoms with E-state index in [4.69, 9.17) is 24.9 Å². The molecule has 2 aromatic heterocycles. The van der Waals surface area contributed by atoms with Gasteiger partial charge in [0, 0.05) is 38.9 Å². The van der Waals surface area contributed by atoms with Gasteiger partial charge in [-0.2, -0.15) is 0 Å². The van der Waals surface area contributed by atoms with Gasteiger partial charge in [0.1, 0.15) is 0 Å². The molecule has 0 atom stereocenters. The third kappa shape index (κ3) is 7.74. The Morgan fingerprint density at radius 1 is 0.219 bits per heavy atom. The highest BCUT2D eigenvalue weighted by Crippen LogP contribution is 2.39. The van der Waals surface area contributed by atoms with Gasteiger partial charge in [-0.05, 0) is 50.7 Å². The maximum absolute atomic E-state index is 5.11. The molecule has 5 nitrogen and oxygen atoms in total. The SMILES string of the molecule is c1ccc(-c2cc(-c3ccc(-c4ccc(-c5ccc(-c6c(-c7nc(-c8ccccc8)nc(-c8ccccc8)n7)ccc7ccccc67)cc5)cc4)cc3)nc(-c3ccccc3)n2)cc1. The standard InChI is InChI=1S/C59H39N5/c1-5-16-45(17-6-1)53-39-54(61-56(60-53)48-18-7-2-8-19-48)46-33-29-42(30-34-46)40-25-27-41(28-26-40)43-31-35-47(36-32-43)55-51-24-14-13-15-44(51)37-38-52(55)59-63-57(49-20-9-3-10-21-49)62-58(64-59)50-22-11-4-12-23-50/h1-39H. The second kappa shape index (κ2) is 17.0. The minimum atomic E-state index is 0.632. The second-order valence-electron chi connectivity index (χ2n) is 15.7. The summed E-state index contributed by atoms with van der Waals surface area (Å²) in [6.45, 7) is 0. The van der Waals surface area contributed by atoms with Crippen LogP contribution in [0.5, 0.6) is 0 Å². The van der Waals surface area contributed by atoms with Crippen molar-refractivity contribution in [3.8, 4) is 101 Å². The molecule has 2 heterocycles. The smallest absolute Gasteiger partial charge is 0.164 e. The Labute approximate surface area is 372 Å². The molecule has 0 spiro atoms. The first kappa shape index (κ1) is 38.3. The van der Waals surface area contributed by atoms with Crippen LogP contribution in [0.1, 0.15) is 0 Å². The summed E-state index contributed by atoms with van der Waals surface area (Å²) in [5.41, 5.74) is 14.4. The third-order valence-corrected chi connectivity index (χ3v) is 11.6. The zero-order valence-corrected chi connectivity index (χ0v) is 34.8. The lowest BCUT2D eigenvalue weighted by Crippen LogP contribution is -2.01. The summed E-state index contributed by atoms with van der Waals surface area (Å²) in [5, 5.41) is 2.29. The first-order valence-corrected chi connectivity index (χ1v) is 21.4. The highest BCUT2D eigenvalue weighted by Gasteiger charge is 2.18. The molecule has 0 saturated heterocycles. The zero-order valence-electron chi connectivity index (χ0n) is 34.8. The van der Waals surface area contributed by atoms with Crippen LogP contribution < -0.4 is 0 Å². The number of nitrogens with zero attached hydrogens (tertiary/aromatic N) is 5. The van der Waals surface area contributed by atoms with Gasteiger partial charge in [-0.3, -0.25) is 0 Å². The van der Waals surface area contributed by atoms with Crippen LogP contribution in [0.25, 0.3) is 112 Å². The highest BCUT2D eigenvalue weighted by atomic mass is 15.0. The summed E-state index contributed by atoms with van der Waals surface area (Å²) in [6.07, 6.45) is 0. The van der Waals surface area contributed by atoms with Crippen molar-refractivity contribution in [3.05, 3.63) is 237 Å². The quantitative estimate of drug-likeness (QED) is 0.145. The van der Waals surface area contributed by atoms with E-state index in [9.17, 15) is 0 Å². The predicted octanol–water partition coefficient (Wildman–Crippen LogP) is 14.8. The van der Waals surface area contributed by atoms with Crippen molar-refractivity contribution in [2.75, 3.05) is 0 Å². The zero-order chi connectivity index (χ0) is 42.7. The molecule has 0 aliphatic heterocycles. The molecule has 0 aliphatic carbocycles. The molecule has 64 heavy (non-hydrogen) atoms. The molecule has 0 saturated carbocycles. The monoisotopic (exact) mass is 817 g/mol. The lowest BCUT2D eigenvalue weighted by Gasteiger charge is -2.15. The van der Waals surface area contributed by atoms with Gasteiger partial charge in [-0.15, -0.1) is 0 Å². The topological polar surface area (TPSA) is 64.5 Å².